The van der Waals surface area contributed by atoms with E-state index in [2.05, 4.69) is 19.9 Å². The van der Waals surface area contributed by atoms with Crippen molar-refractivity contribution in [3.05, 3.63) is 48.6 Å². The van der Waals surface area contributed by atoms with Crippen LogP contribution in [0.2, 0.25) is 0 Å². The van der Waals surface area contributed by atoms with Gasteiger partial charge in [-0.1, -0.05) is 21.6 Å². The van der Waals surface area contributed by atoms with Gasteiger partial charge < -0.3 is 0 Å². The molecule has 2 aromatic rings. The van der Waals surface area contributed by atoms with Gasteiger partial charge in [0.1, 0.15) is 0 Å². The zero-order valence-corrected chi connectivity index (χ0v) is 10.1. The Hall–Kier alpha value is -1.14. The monoisotopic (exact) mass is 250 g/mol. The molecule has 0 radical (unpaired) electrons. The summed E-state index contributed by atoms with van der Waals surface area (Å²) in [7, 11) is 3.50. The van der Waals surface area contributed by atoms with Crippen LogP contribution in [0, 0.1) is 0 Å². The SMILES string of the molecule is c1cnc(CSSCc2cnccn2)cn1. The van der Waals surface area contributed by atoms with Gasteiger partial charge in [-0.05, 0) is 0 Å². The van der Waals surface area contributed by atoms with Crippen LogP contribution in [0.3, 0.4) is 0 Å². The molecule has 2 heterocycles. The summed E-state index contributed by atoms with van der Waals surface area (Å²) in [6.07, 6.45) is 10.4. The summed E-state index contributed by atoms with van der Waals surface area (Å²) in [5.74, 6) is 1.72. The van der Waals surface area contributed by atoms with Crippen molar-refractivity contribution in [2.24, 2.45) is 0 Å². The van der Waals surface area contributed by atoms with Crippen LogP contribution in [-0.2, 0) is 11.5 Å². The Labute approximate surface area is 102 Å². The van der Waals surface area contributed by atoms with Crippen LogP contribution in [0.25, 0.3) is 0 Å². The molecule has 2 aromatic heterocycles. The maximum absolute atomic E-state index is 4.20. The third-order valence-corrected chi connectivity index (χ3v) is 3.93. The first-order valence-corrected chi connectivity index (χ1v) is 7.18. The van der Waals surface area contributed by atoms with Crippen molar-refractivity contribution < 1.29 is 0 Å². The van der Waals surface area contributed by atoms with E-state index in [-0.39, 0.29) is 0 Å². The summed E-state index contributed by atoms with van der Waals surface area (Å²) in [6.45, 7) is 0. The lowest BCUT2D eigenvalue weighted by Crippen LogP contribution is -1.87. The largest absolute Gasteiger partial charge is 0.261 e. The van der Waals surface area contributed by atoms with Crippen LogP contribution in [0.5, 0.6) is 0 Å². The van der Waals surface area contributed by atoms with Crippen molar-refractivity contribution in [2.45, 2.75) is 11.5 Å². The molecular formula is C10H10N4S2. The predicted octanol–water partition coefficient (Wildman–Crippen LogP) is 2.35. The molecule has 0 saturated heterocycles. The summed E-state index contributed by atoms with van der Waals surface area (Å²) >= 11 is 0. The molecule has 4 nitrogen and oxygen atoms in total. The quantitative estimate of drug-likeness (QED) is 0.599. The molecule has 82 valence electrons. The predicted molar refractivity (Wildman–Crippen MR) is 66.7 cm³/mol. The Balaban J connectivity index is 1.70. The van der Waals surface area contributed by atoms with E-state index >= 15 is 0 Å². The average Bonchev–Trinajstić information content (AvgIpc) is 2.37. The van der Waals surface area contributed by atoms with Crippen LogP contribution in [0.1, 0.15) is 11.4 Å². The molecule has 0 amide bonds. The zero-order chi connectivity index (χ0) is 11.1. The fourth-order valence-electron chi connectivity index (χ4n) is 1.01. The molecule has 0 aromatic carbocycles. The standard InChI is InChI=1S/C10H10N4S2/c1-3-13-9(5-11-1)7-15-16-8-10-6-12-2-4-14-10/h1-6H,7-8H2. The van der Waals surface area contributed by atoms with Crippen molar-refractivity contribution in [1.82, 2.24) is 19.9 Å². The molecule has 0 bridgehead atoms. The third kappa shape index (κ3) is 3.79. The van der Waals surface area contributed by atoms with Gasteiger partial charge >= 0.3 is 0 Å². The molecule has 0 aliphatic rings. The summed E-state index contributed by atoms with van der Waals surface area (Å²) < 4.78 is 0. The maximum Gasteiger partial charge on any atom is 0.0694 e. The smallest absolute Gasteiger partial charge is 0.0694 e. The van der Waals surface area contributed by atoms with Gasteiger partial charge in [0, 0.05) is 48.7 Å². The molecule has 0 saturated carbocycles. The Morgan fingerprint density at radius 1 is 0.750 bits per heavy atom. The fourth-order valence-corrected chi connectivity index (χ4v) is 2.94. The van der Waals surface area contributed by atoms with E-state index in [1.807, 2.05) is 0 Å². The minimum Gasteiger partial charge on any atom is -0.261 e. The average molecular weight is 250 g/mol. The molecule has 0 unspecified atom stereocenters. The van der Waals surface area contributed by atoms with Crippen molar-refractivity contribution in [3.63, 3.8) is 0 Å². The van der Waals surface area contributed by atoms with E-state index in [4.69, 9.17) is 0 Å². The minimum absolute atomic E-state index is 0.860. The first kappa shape index (κ1) is 11.3. The third-order valence-electron chi connectivity index (χ3n) is 1.73. The Morgan fingerprint density at radius 2 is 1.25 bits per heavy atom. The van der Waals surface area contributed by atoms with E-state index in [1.54, 1.807) is 58.8 Å². The summed E-state index contributed by atoms with van der Waals surface area (Å²) in [5, 5.41) is 0. The topological polar surface area (TPSA) is 51.6 Å². The van der Waals surface area contributed by atoms with Gasteiger partial charge in [0.15, 0.2) is 0 Å². The number of rotatable bonds is 5. The van der Waals surface area contributed by atoms with E-state index in [9.17, 15) is 0 Å². The Morgan fingerprint density at radius 3 is 1.62 bits per heavy atom. The van der Waals surface area contributed by atoms with Gasteiger partial charge in [0.25, 0.3) is 0 Å². The van der Waals surface area contributed by atoms with Crippen LogP contribution < -0.4 is 0 Å². The summed E-state index contributed by atoms with van der Waals surface area (Å²) in [5.41, 5.74) is 2.00. The van der Waals surface area contributed by atoms with Crippen LogP contribution >= 0.6 is 21.6 Å². The van der Waals surface area contributed by atoms with E-state index in [0.717, 1.165) is 22.9 Å². The minimum atomic E-state index is 0.860. The lowest BCUT2D eigenvalue weighted by molar-refractivity contribution is 1.10. The molecule has 16 heavy (non-hydrogen) atoms. The molecular weight excluding hydrogens is 240 g/mol. The first-order chi connectivity index (χ1) is 7.95. The summed E-state index contributed by atoms with van der Waals surface area (Å²) in [4.78, 5) is 16.4. The van der Waals surface area contributed by atoms with Crippen molar-refractivity contribution in [1.29, 1.82) is 0 Å². The lowest BCUT2D eigenvalue weighted by atomic mass is 10.5. The zero-order valence-electron chi connectivity index (χ0n) is 8.48. The second kappa shape index (κ2) is 6.44. The number of hydrogen-bond acceptors (Lipinski definition) is 6. The molecule has 0 atom stereocenters. The highest BCUT2D eigenvalue weighted by molar-refractivity contribution is 8.76. The molecule has 0 spiro atoms. The first-order valence-electron chi connectivity index (χ1n) is 4.69. The van der Waals surface area contributed by atoms with Crippen LogP contribution in [0.15, 0.2) is 37.2 Å². The molecule has 0 fully saturated rings. The van der Waals surface area contributed by atoms with Crippen molar-refractivity contribution in [3.8, 4) is 0 Å². The van der Waals surface area contributed by atoms with Gasteiger partial charge in [0.2, 0.25) is 0 Å². The highest BCUT2D eigenvalue weighted by Crippen LogP contribution is 2.27. The van der Waals surface area contributed by atoms with Crippen molar-refractivity contribution in [2.75, 3.05) is 0 Å². The Bertz CT molecular complexity index is 368. The van der Waals surface area contributed by atoms with Crippen LogP contribution in [0.4, 0.5) is 0 Å². The Kier molecular flexibility index (Phi) is 4.57. The van der Waals surface area contributed by atoms with Gasteiger partial charge in [0.05, 0.1) is 11.4 Å². The molecule has 0 N–H and O–H groups in total. The molecule has 2 rings (SSSR count). The van der Waals surface area contributed by atoms with Crippen molar-refractivity contribution >= 4 is 21.6 Å². The fraction of sp³-hybridized carbons (Fsp3) is 0.200. The second-order valence-electron chi connectivity index (χ2n) is 2.92. The van der Waals surface area contributed by atoms with Gasteiger partial charge in [-0.25, -0.2) is 0 Å². The van der Waals surface area contributed by atoms with E-state index in [1.165, 1.54) is 0 Å². The normalized spacial score (nSPS) is 10.2. The highest BCUT2D eigenvalue weighted by Gasteiger charge is 1.97. The molecule has 0 aliphatic carbocycles. The van der Waals surface area contributed by atoms with Gasteiger partial charge in [-0.2, -0.15) is 0 Å². The number of nitrogens with zero attached hydrogens (tertiary/aromatic N) is 4. The maximum atomic E-state index is 4.20. The summed E-state index contributed by atoms with van der Waals surface area (Å²) in [6, 6.07) is 0. The van der Waals surface area contributed by atoms with E-state index in [0.29, 0.717) is 0 Å². The second-order valence-corrected chi connectivity index (χ2v) is 5.38. The molecule has 6 heteroatoms. The highest BCUT2D eigenvalue weighted by atomic mass is 33.1. The van der Waals surface area contributed by atoms with Gasteiger partial charge in [-0.3, -0.25) is 19.9 Å². The van der Waals surface area contributed by atoms with Crippen LogP contribution in [-0.4, -0.2) is 19.9 Å². The number of aromatic nitrogens is 4. The van der Waals surface area contributed by atoms with E-state index < -0.39 is 0 Å². The lowest BCUT2D eigenvalue weighted by Gasteiger charge is -1.99. The number of hydrogen-bond donors (Lipinski definition) is 0. The van der Waals surface area contributed by atoms with Gasteiger partial charge in [-0.15, -0.1) is 0 Å². The molecule has 0 aliphatic heterocycles.